The van der Waals surface area contributed by atoms with Crippen molar-refractivity contribution in [2.24, 2.45) is 0 Å². The summed E-state index contributed by atoms with van der Waals surface area (Å²) in [6.45, 7) is 1.98. The van der Waals surface area contributed by atoms with Crippen LogP contribution in [-0.4, -0.2) is 54.6 Å². The maximum absolute atomic E-state index is 15.8. The Morgan fingerprint density at radius 1 is 1.07 bits per heavy atom. The zero-order valence-corrected chi connectivity index (χ0v) is 23.7. The molecule has 3 aromatic carbocycles. The molecule has 0 radical (unpaired) electrons. The van der Waals surface area contributed by atoms with E-state index in [9.17, 15) is 17.9 Å². The number of nitrogens with zero attached hydrogens (tertiary/aromatic N) is 3. The molecule has 1 fully saturated rings. The van der Waals surface area contributed by atoms with Crippen LogP contribution in [0, 0.1) is 11.6 Å². The highest BCUT2D eigenvalue weighted by atomic mass is 35.5. The molecule has 4 aromatic rings. The molecule has 41 heavy (non-hydrogen) atoms. The molecule has 1 aliphatic carbocycles. The molecule has 0 unspecified atom stereocenters. The van der Waals surface area contributed by atoms with Gasteiger partial charge in [0.15, 0.2) is 5.82 Å². The number of fused-ring (bicyclic) bond motifs is 2. The predicted octanol–water partition coefficient (Wildman–Crippen LogP) is 5.51. The highest BCUT2D eigenvalue weighted by Gasteiger charge is 2.30. The molecule has 214 valence electrons. The summed E-state index contributed by atoms with van der Waals surface area (Å²) in [6.07, 6.45) is 3.42. The fourth-order valence-corrected chi connectivity index (χ4v) is 7.24. The van der Waals surface area contributed by atoms with Gasteiger partial charge in [0.2, 0.25) is 5.95 Å². The Kier molecular flexibility index (Phi) is 7.31. The van der Waals surface area contributed by atoms with Crippen molar-refractivity contribution in [3.63, 3.8) is 0 Å². The van der Waals surface area contributed by atoms with E-state index in [4.69, 9.17) is 11.6 Å². The van der Waals surface area contributed by atoms with Crippen LogP contribution in [-0.2, 0) is 16.4 Å². The molecule has 1 aromatic heterocycles. The molecule has 12 heteroatoms. The molecule has 3 N–H and O–H groups in total. The third-order valence-corrected chi connectivity index (χ3v) is 9.43. The monoisotopic (exact) mass is 599 g/mol. The number of benzene rings is 3. The largest absolute Gasteiger partial charge is 0.388 e. The summed E-state index contributed by atoms with van der Waals surface area (Å²) in [5, 5.41) is 14.3. The average molecular weight is 600 g/mol. The number of rotatable bonds is 6. The lowest BCUT2D eigenvalue weighted by atomic mass is 10.0. The van der Waals surface area contributed by atoms with Gasteiger partial charge in [-0.3, -0.25) is 4.72 Å². The second kappa shape index (κ2) is 10.8. The molecule has 0 saturated carbocycles. The minimum atomic E-state index is -4.31. The van der Waals surface area contributed by atoms with Crippen molar-refractivity contribution in [2.75, 3.05) is 30.2 Å². The minimum Gasteiger partial charge on any atom is -0.388 e. The van der Waals surface area contributed by atoms with E-state index < -0.39 is 33.4 Å². The van der Waals surface area contributed by atoms with Crippen molar-refractivity contribution in [3.8, 4) is 11.1 Å². The molecule has 1 saturated heterocycles. The highest BCUT2D eigenvalue weighted by Crippen LogP contribution is 2.39. The lowest BCUT2D eigenvalue weighted by Gasteiger charge is -2.29. The van der Waals surface area contributed by atoms with Gasteiger partial charge in [0.1, 0.15) is 5.82 Å². The van der Waals surface area contributed by atoms with Crippen LogP contribution < -0.4 is 10.0 Å². The van der Waals surface area contributed by atoms with E-state index in [0.717, 1.165) is 38.1 Å². The van der Waals surface area contributed by atoms with E-state index in [0.29, 0.717) is 40.8 Å². The molecule has 0 spiro atoms. The van der Waals surface area contributed by atoms with Crippen molar-refractivity contribution >= 4 is 44.2 Å². The van der Waals surface area contributed by atoms with Gasteiger partial charge in [-0.25, -0.2) is 27.2 Å². The Labute approximate surface area is 241 Å². The molecule has 6 rings (SSSR count). The molecule has 8 nitrogen and oxygen atoms in total. The number of aliphatic hydroxyl groups is 1. The van der Waals surface area contributed by atoms with Gasteiger partial charge in [-0.2, -0.15) is 0 Å². The maximum atomic E-state index is 15.8. The van der Waals surface area contributed by atoms with Crippen molar-refractivity contribution in [1.29, 1.82) is 0 Å². The van der Waals surface area contributed by atoms with Crippen LogP contribution in [0.4, 0.5) is 20.4 Å². The summed E-state index contributed by atoms with van der Waals surface area (Å²) >= 11 is 6.13. The number of piperidine rings is 1. The number of hydrogen-bond donors (Lipinski definition) is 3. The first-order valence-electron chi connectivity index (χ1n) is 13.3. The standard InChI is InChI=1S/C29H28ClF2N5O3S/c1-37-10-8-19(9-11-37)34-29-33-15-17-12-16(2-5-23(17)35-29)27-22(31)4-6-24(28(27)32)36-41(39,40)26-14-18(30)13-21-20(26)3-7-25(21)38/h2,4-6,12-15,19,25,36,38H,3,7-11H2,1H3,(H,33,34,35)/t25-/m0/s1. The van der Waals surface area contributed by atoms with E-state index in [-0.39, 0.29) is 27.1 Å². The Bertz CT molecular complexity index is 1760. The van der Waals surface area contributed by atoms with Crippen LogP contribution >= 0.6 is 11.6 Å². The second-order valence-corrected chi connectivity index (χ2v) is 12.7. The average Bonchev–Trinajstić information content (AvgIpc) is 3.31. The first-order valence-corrected chi connectivity index (χ1v) is 15.2. The number of sulfonamides is 1. The van der Waals surface area contributed by atoms with Gasteiger partial charge in [0.05, 0.1) is 27.8 Å². The summed E-state index contributed by atoms with van der Waals surface area (Å²) in [6, 6.07) is 9.88. The topological polar surface area (TPSA) is 107 Å². The van der Waals surface area contributed by atoms with E-state index in [2.05, 4.69) is 32.0 Å². The molecule has 2 aliphatic rings. The first-order chi connectivity index (χ1) is 19.6. The fraction of sp³-hybridized carbons (Fsp3) is 0.310. The smallest absolute Gasteiger partial charge is 0.262 e. The minimum absolute atomic E-state index is 0.133. The Balaban J connectivity index is 1.29. The van der Waals surface area contributed by atoms with Gasteiger partial charge in [-0.05, 0) is 98.9 Å². The Morgan fingerprint density at radius 3 is 2.63 bits per heavy atom. The van der Waals surface area contributed by atoms with E-state index in [1.54, 1.807) is 24.4 Å². The molecule has 0 amide bonds. The van der Waals surface area contributed by atoms with Crippen LogP contribution in [0.5, 0.6) is 0 Å². The van der Waals surface area contributed by atoms with Crippen molar-refractivity contribution in [1.82, 2.24) is 14.9 Å². The van der Waals surface area contributed by atoms with Crippen LogP contribution in [0.3, 0.4) is 0 Å². The van der Waals surface area contributed by atoms with Gasteiger partial charge in [0, 0.05) is 22.6 Å². The molecular formula is C29H28ClF2N5O3S. The summed E-state index contributed by atoms with van der Waals surface area (Å²) in [5.41, 5.74) is 0.876. The van der Waals surface area contributed by atoms with Crippen molar-refractivity contribution < 1.29 is 22.3 Å². The Morgan fingerprint density at radius 2 is 1.85 bits per heavy atom. The predicted molar refractivity (Wildman–Crippen MR) is 155 cm³/mol. The SMILES string of the molecule is CN1CCC(Nc2ncc3cc(-c4c(F)ccc(NS(=O)(=O)c5cc(Cl)cc6c5CC[C@@H]6O)c4F)ccc3n2)CC1. The molecule has 1 aliphatic heterocycles. The number of aliphatic hydroxyl groups excluding tert-OH is 1. The summed E-state index contributed by atoms with van der Waals surface area (Å²) < 4.78 is 59.7. The maximum Gasteiger partial charge on any atom is 0.262 e. The lowest BCUT2D eigenvalue weighted by molar-refractivity contribution is 0.180. The third kappa shape index (κ3) is 5.46. The highest BCUT2D eigenvalue weighted by molar-refractivity contribution is 7.92. The number of nitrogens with one attached hydrogen (secondary N) is 2. The number of likely N-dealkylation sites (tertiary alicyclic amines) is 1. The van der Waals surface area contributed by atoms with Crippen molar-refractivity contribution in [2.45, 2.75) is 42.7 Å². The molecule has 2 heterocycles. The van der Waals surface area contributed by atoms with Gasteiger partial charge < -0.3 is 15.3 Å². The summed E-state index contributed by atoms with van der Waals surface area (Å²) in [7, 11) is -2.22. The van der Waals surface area contributed by atoms with Crippen LogP contribution in [0.1, 0.15) is 36.5 Å². The molecule has 0 bridgehead atoms. The summed E-state index contributed by atoms with van der Waals surface area (Å²) in [5.74, 6) is -1.42. The quantitative estimate of drug-likeness (QED) is 0.268. The second-order valence-electron chi connectivity index (χ2n) is 10.6. The van der Waals surface area contributed by atoms with Gasteiger partial charge in [0.25, 0.3) is 10.0 Å². The van der Waals surface area contributed by atoms with E-state index in [1.165, 1.54) is 12.1 Å². The Hall–Kier alpha value is -3.38. The number of aromatic nitrogens is 2. The summed E-state index contributed by atoms with van der Waals surface area (Å²) in [4.78, 5) is 11.1. The first kappa shape index (κ1) is 27.8. The lowest BCUT2D eigenvalue weighted by Crippen LogP contribution is -2.37. The van der Waals surface area contributed by atoms with Crippen LogP contribution in [0.2, 0.25) is 5.02 Å². The van der Waals surface area contributed by atoms with Gasteiger partial charge in [-0.1, -0.05) is 17.7 Å². The van der Waals surface area contributed by atoms with Gasteiger partial charge >= 0.3 is 0 Å². The van der Waals surface area contributed by atoms with Crippen LogP contribution in [0.15, 0.2) is 53.6 Å². The zero-order chi connectivity index (χ0) is 28.9. The third-order valence-electron chi connectivity index (χ3n) is 7.78. The molecular weight excluding hydrogens is 572 g/mol. The zero-order valence-electron chi connectivity index (χ0n) is 22.2. The van der Waals surface area contributed by atoms with E-state index in [1.807, 2.05) is 0 Å². The van der Waals surface area contributed by atoms with Crippen LogP contribution in [0.25, 0.3) is 22.0 Å². The molecule has 1 atom stereocenters. The fourth-order valence-electron chi connectivity index (χ4n) is 5.56. The van der Waals surface area contributed by atoms with E-state index >= 15 is 4.39 Å². The number of anilines is 2. The van der Waals surface area contributed by atoms with Gasteiger partial charge in [-0.15, -0.1) is 0 Å². The van der Waals surface area contributed by atoms with Crippen molar-refractivity contribution in [3.05, 3.63) is 76.4 Å². The normalized spacial score (nSPS) is 18.0. The number of hydrogen-bond acceptors (Lipinski definition) is 7. The number of halogens is 3.